The van der Waals surface area contributed by atoms with Crippen LogP contribution >= 0.6 is 0 Å². The van der Waals surface area contributed by atoms with E-state index in [2.05, 4.69) is 58.5 Å². The molecular weight excluding hydrogens is 298 g/mol. The minimum absolute atomic E-state index is 0.914. The van der Waals surface area contributed by atoms with Crippen LogP contribution in [0.15, 0.2) is 65.1 Å². The maximum atomic E-state index is 6.03. The van der Waals surface area contributed by atoms with Crippen molar-refractivity contribution >= 4 is 49.8 Å². The van der Waals surface area contributed by atoms with E-state index in [0.717, 1.165) is 49.8 Å². The van der Waals surface area contributed by atoms with E-state index < -0.39 is 0 Å². The number of aromatic nitrogens is 3. The normalized spacial score (nSPS) is 12.4. The van der Waals surface area contributed by atoms with Crippen LogP contribution in [-0.4, -0.2) is 14.0 Å². The second-order valence-corrected chi connectivity index (χ2v) is 6.20. The van der Waals surface area contributed by atoms with Gasteiger partial charge in [-0.25, -0.2) is 4.98 Å². The number of nitrogens with zero attached hydrogens (tertiary/aromatic N) is 3. The zero-order valence-corrected chi connectivity index (χ0v) is 13.0. The predicted molar refractivity (Wildman–Crippen MR) is 96.5 cm³/mol. The molecule has 3 aromatic carbocycles. The molecule has 114 valence electrons. The van der Waals surface area contributed by atoms with Crippen LogP contribution in [0.25, 0.3) is 49.8 Å². The monoisotopic (exact) mass is 311 g/mol. The van der Waals surface area contributed by atoms with Crippen molar-refractivity contribution in [2.24, 2.45) is 7.05 Å². The lowest BCUT2D eigenvalue weighted by Gasteiger charge is -1.98. The van der Waals surface area contributed by atoms with Crippen molar-refractivity contribution in [1.29, 1.82) is 0 Å². The first-order chi connectivity index (χ1) is 11.8. The number of hydrogen-bond donors (Lipinski definition) is 0. The Morgan fingerprint density at radius 3 is 2.62 bits per heavy atom. The van der Waals surface area contributed by atoms with E-state index in [-0.39, 0.29) is 0 Å². The first-order valence-corrected chi connectivity index (χ1v) is 7.99. The third-order valence-electron chi connectivity index (χ3n) is 4.91. The van der Waals surface area contributed by atoms with Crippen molar-refractivity contribution < 1.29 is 4.42 Å². The number of furan rings is 1. The number of para-hydroxylation sites is 3. The van der Waals surface area contributed by atoms with Crippen molar-refractivity contribution in [1.82, 2.24) is 14.0 Å². The van der Waals surface area contributed by atoms with E-state index >= 15 is 0 Å². The highest BCUT2D eigenvalue weighted by atomic mass is 16.3. The molecule has 0 N–H and O–H groups in total. The van der Waals surface area contributed by atoms with Crippen LogP contribution in [0.4, 0.5) is 0 Å². The lowest BCUT2D eigenvalue weighted by atomic mass is 10.1. The number of hydrogen-bond acceptors (Lipinski definition) is 2. The average molecular weight is 311 g/mol. The fourth-order valence-corrected chi connectivity index (χ4v) is 3.88. The predicted octanol–water partition coefficient (Wildman–Crippen LogP) is 4.88. The molecule has 3 aromatic heterocycles. The zero-order chi connectivity index (χ0) is 15.8. The number of benzene rings is 3. The SMILES string of the molecule is Cn1c2c3c(ccc2n2c4ccccc4nc12)oc1ccccc13. The van der Waals surface area contributed by atoms with E-state index in [1.165, 1.54) is 0 Å². The maximum Gasteiger partial charge on any atom is 0.215 e. The fraction of sp³-hybridized carbons (Fsp3) is 0.0500. The third-order valence-corrected chi connectivity index (χ3v) is 4.91. The van der Waals surface area contributed by atoms with Crippen LogP contribution < -0.4 is 0 Å². The Labute approximate surface area is 136 Å². The topological polar surface area (TPSA) is 35.4 Å². The average Bonchev–Trinajstić information content (AvgIpc) is 3.25. The Kier molecular flexibility index (Phi) is 2.02. The van der Waals surface area contributed by atoms with Gasteiger partial charge in [-0.15, -0.1) is 0 Å². The summed E-state index contributed by atoms with van der Waals surface area (Å²) in [4.78, 5) is 4.82. The van der Waals surface area contributed by atoms with Crippen molar-refractivity contribution in [3.8, 4) is 0 Å². The molecule has 24 heavy (non-hydrogen) atoms. The number of imidazole rings is 2. The number of rotatable bonds is 0. The number of fused-ring (bicyclic) bond motifs is 9. The van der Waals surface area contributed by atoms with Gasteiger partial charge in [-0.3, -0.25) is 4.40 Å². The maximum absolute atomic E-state index is 6.03. The molecule has 0 aliphatic carbocycles. The molecule has 0 saturated carbocycles. The molecule has 0 radical (unpaired) electrons. The van der Waals surface area contributed by atoms with Gasteiger partial charge in [-0.1, -0.05) is 30.3 Å². The first-order valence-electron chi connectivity index (χ1n) is 7.99. The molecule has 0 fully saturated rings. The van der Waals surface area contributed by atoms with Gasteiger partial charge in [0.05, 0.1) is 27.5 Å². The summed E-state index contributed by atoms with van der Waals surface area (Å²) in [6, 6.07) is 20.6. The summed E-state index contributed by atoms with van der Waals surface area (Å²) >= 11 is 0. The Morgan fingerprint density at radius 1 is 0.833 bits per heavy atom. The molecule has 0 saturated heterocycles. The molecule has 4 nitrogen and oxygen atoms in total. The fourth-order valence-electron chi connectivity index (χ4n) is 3.88. The number of aryl methyl sites for hydroxylation is 1. The van der Waals surface area contributed by atoms with Gasteiger partial charge >= 0.3 is 0 Å². The summed E-state index contributed by atoms with van der Waals surface area (Å²) in [7, 11) is 2.07. The van der Waals surface area contributed by atoms with Crippen molar-refractivity contribution in [2.75, 3.05) is 0 Å². The second kappa shape index (κ2) is 3.97. The molecule has 3 heterocycles. The van der Waals surface area contributed by atoms with Gasteiger partial charge in [0.1, 0.15) is 11.2 Å². The molecule has 0 spiro atoms. The summed E-state index contributed by atoms with van der Waals surface area (Å²) in [5.74, 6) is 0.948. The van der Waals surface area contributed by atoms with E-state index in [0.29, 0.717) is 0 Å². The van der Waals surface area contributed by atoms with Crippen LogP contribution in [-0.2, 0) is 7.05 Å². The molecule has 0 unspecified atom stereocenters. The van der Waals surface area contributed by atoms with E-state index in [1.807, 2.05) is 18.2 Å². The van der Waals surface area contributed by atoms with Gasteiger partial charge in [-0.2, -0.15) is 0 Å². The highest BCUT2D eigenvalue weighted by Gasteiger charge is 2.18. The summed E-state index contributed by atoms with van der Waals surface area (Å²) in [6.45, 7) is 0. The Morgan fingerprint density at radius 2 is 1.67 bits per heavy atom. The quantitative estimate of drug-likeness (QED) is 0.401. The molecule has 0 bridgehead atoms. The van der Waals surface area contributed by atoms with Gasteiger partial charge in [0.15, 0.2) is 0 Å². The van der Waals surface area contributed by atoms with E-state index in [1.54, 1.807) is 0 Å². The lowest BCUT2D eigenvalue weighted by molar-refractivity contribution is 0.669. The Bertz CT molecular complexity index is 1410. The molecule has 4 heteroatoms. The van der Waals surface area contributed by atoms with Gasteiger partial charge < -0.3 is 8.98 Å². The van der Waals surface area contributed by atoms with Crippen molar-refractivity contribution in [2.45, 2.75) is 0 Å². The van der Waals surface area contributed by atoms with Crippen LogP contribution in [0.3, 0.4) is 0 Å². The van der Waals surface area contributed by atoms with Gasteiger partial charge in [0.25, 0.3) is 0 Å². The highest BCUT2D eigenvalue weighted by Crippen LogP contribution is 2.36. The largest absolute Gasteiger partial charge is 0.456 e. The molecule has 0 aliphatic rings. The molecular formula is C20H13N3O. The molecule has 0 atom stereocenters. The Hall–Kier alpha value is -3.27. The van der Waals surface area contributed by atoms with Gasteiger partial charge in [0.2, 0.25) is 5.78 Å². The standard InChI is InChI=1S/C20H13N3O/c1-22-19-15(23-14-8-4-3-7-13(14)21-20(22)23)10-11-17-18(19)12-6-2-5-9-16(12)24-17/h2-11H,1H3. The molecule has 6 aromatic rings. The van der Waals surface area contributed by atoms with Crippen LogP contribution in [0.5, 0.6) is 0 Å². The summed E-state index contributed by atoms with van der Waals surface area (Å²) < 4.78 is 10.4. The summed E-state index contributed by atoms with van der Waals surface area (Å²) in [5.41, 5.74) is 6.29. The molecule has 0 amide bonds. The highest BCUT2D eigenvalue weighted by molar-refractivity contribution is 6.18. The first kappa shape index (κ1) is 12.2. The lowest BCUT2D eigenvalue weighted by Crippen LogP contribution is -1.88. The van der Waals surface area contributed by atoms with Gasteiger partial charge in [0, 0.05) is 12.4 Å². The van der Waals surface area contributed by atoms with E-state index in [9.17, 15) is 0 Å². The van der Waals surface area contributed by atoms with E-state index in [4.69, 9.17) is 9.40 Å². The summed E-state index contributed by atoms with van der Waals surface area (Å²) in [6.07, 6.45) is 0. The Balaban J connectivity index is 1.97. The van der Waals surface area contributed by atoms with Crippen LogP contribution in [0.2, 0.25) is 0 Å². The minimum atomic E-state index is 0.914. The molecule has 6 rings (SSSR count). The second-order valence-electron chi connectivity index (χ2n) is 6.20. The van der Waals surface area contributed by atoms with Crippen LogP contribution in [0, 0.1) is 0 Å². The smallest absolute Gasteiger partial charge is 0.215 e. The van der Waals surface area contributed by atoms with Crippen molar-refractivity contribution in [3.63, 3.8) is 0 Å². The minimum Gasteiger partial charge on any atom is -0.456 e. The van der Waals surface area contributed by atoms with Crippen LogP contribution in [0.1, 0.15) is 0 Å². The molecule has 0 aliphatic heterocycles. The van der Waals surface area contributed by atoms with Gasteiger partial charge in [-0.05, 0) is 30.3 Å². The third kappa shape index (κ3) is 1.28. The zero-order valence-electron chi connectivity index (χ0n) is 13.0. The summed E-state index contributed by atoms with van der Waals surface area (Å²) in [5, 5.41) is 2.30. The van der Waals surface area contributed by atoms with Crippen molar-refractivity contribution in [3.05, 3.63) is 60.7 Å².